The molecule has 0 unspecified atom stereocenters. The molecular weight excluding hydrogens is 284 g/mol. The molecule has 1 aromatic carbocycles. The van der Waals surface area contributed by atoms with Crippen molar-refractivity contribution in [2.24, 2.45) is 0 Å². The average Bonchev–Trinajstić information content (AvgIpc) is 2.68. The fourth-order valence-corrected chi connectivity index (χ4v) is 3.12. The number of thioether (sulfide) groups is 1. The first kappa shape index (κ1) is 14.4. The van der Waals surface area contributed by atoms with Crippen LogP contribution in [0.4, 0.5) is 0 Å². The quantitative estimate of drug-likeness (QED) is 0.812. The van der Waals surface area contributed by atoms with E-state index in [9.17, 15) is 8.42 Å². The predicted molar refractivity (Wildman–Crippen MR) is 75.9 cm³/mol. The molecule has 0 atom stereocenters. The predicted octanol–water partition coefficient (Wildman–Crippen LogP) is 2.58. The number of hydrogen-bond donors (Lipinski definition) is 0. The Morgan fingerprint density at radius 2 is 2.00 bits per heavy atom. The van der Waals surface area contributed by atoms with Crippen LogP contribution in [-0.2, 0) is 10.0 Å². The van der Waals surface area contributed by atoms with Gasteiger partial charge in [0.25, 0.3) is 5.22 Å². The Kier molecular flexibility index (Phi) is 3.89. The zero-order chi connectivity index (χ0) is 14.2. The van der Waals surface area contributed by atoms with Crippen molar-refractivity contribution in [1.29, 1.82) is 0 Å². The molecule has 2 rings (SSSR count). The molecule has 0 spiro atoms. The van der Waals surface area contributed by atoms with Gasteiger partial charge in [0.05, 0.1) is 4.90 Å². The molecule has 1 heterocycles. The molecule has 2 aromatic rings. The van der Waals surface area contributed by atoms with Crippen molar-refractivity contribution in [1.82, 2.24) is 9.29 Å². The SMILES string of the molecule is CC(C)Sc1nc2cc(S(=O)(=O)N(C)C)ccc2o1. The minimum atomic E-state index is -3.44. The van der Waals surface area contributed by atoms with Gasteiger partial charge in [-0.15, -0.1) is 0 Å². The molecule has 0 radical (unpaired) electrons. The van der Waals surface area contributed by atoms with Gasteiger partial charge in [0.1, 0.15) is 5.52 Å². The number of oxazole rings is 1. The highest BCUT2D eigenvalue weighted by Gasteiger charge is 2.19. The van der Waals surface area contributed by atoms with Crippen molar-refractivity contribution in [2.75, 3.05) is 14.1 Å². The largest absolute Gasteiger partial charge is 0.431 e. The van der Waals surface area contributed by atoms with E-state index in [0.717, 1.165) is 0 Å². The molecule has 1 aromatic heterocycles. The number of hydrogen-bond acceptors (Lipinski definition) is 5. The molecule has 0 aliphatic carbocycles. The maximum atomic E-state index is 12.0. The summed E-state index contributed by atoms with van der Waals surface area (Å²) in [6.45, 7) is 4.09. The van der Waals surface area contributed by atoms with Crippen LogP contribution in [0, 0.1) is 0 Å². The molecule has 5 nitrogen and oxygen atoms in total. The molecule has 0 bridgehead atoms. The molecule has 0 N–H and O–H groups in total. The van der Waals surface area contributed by atoms with E-state index < -0.39 is 10.0 Å². The molecule has 0 fully saturated rings. The molecule has 0 aliphatic heterocycles. The average molecular weight is 300 g/mol. The highest BCUT2D eigenvalue weighted by molar-refractivity contribution is 7.99. The van der Waals surface area contributed by atoms with Crippen LogP contribution in [-0.4, -0.2) is 37.1 Å². The van der Waals surface area contributed by atoms with Gasteiger partial charge in [-0.05, 0) is 18.2 Å². The van der Waals surface area contributed by atoms with Crippen LogP contribution in [0.15, 0.2) is 32.7 Å². The first-order chi connectivity index (χ1) is 8.80. The van der Waals surface area contributed by atoms with E-state index in [1.54, 1.807) is 12.1 Å². The van der Waals surface area contributed by atoms with E-state index in [2.05, 4.69) is 4.98 Å². The summed E-state index contributed by atoms with van der Waals surface area (Å²) in [5, 5.41) is 0.919. The highest BCUT2D eigenvalue weighted by atomic mass is 32.2. The van der Waals surface area contributed by atoms with Crippen LogP contribution in [0.3, 0.4) is 0 Å². The highest BCUT2D eigenvalue weighted by Crippen LogP contribution is 2.28. The van der Waals surface area contributed by atoms with E-state index in [0.29, 0.717) is 21.6 Å². The van der Waals surface area contributed by atoms with E-state index >= 15 is 0 Å². The van der Waals surface area contributed by atoms with Crippen LogP contribution in [0.5, 0.6) is 0 Å². The van der Waals surface area contributed by atoms with E-state index in [1.807, 2.05) is 13.8 Å². The van der Waals surface area contributed by atoms with Crippen molar-refractivity contribution >= 4 is 32.9 Å². The molecule has 104 valence electrons. The number of fused-ring (bicyclic) bond motifs is 1. The van der Waals surface area contributed by atoms with Gasteiger partial charge in [-0.25, -0.2) is 17.7 Å². The second-order valence-electron chi connectivity index (χ2n) is 4.56. The van der Waals surface area contributed by atoms with E-state index in [-0.39, 0.29) is 4.90 Å². The van der Waals surface area contributed by atoms with E-state index in [1.165, 1.54) is 36.2 Å². The van der Waals surface area contributed by atoms with Crippen molar-refractivity contribution in [3.05, 3.63) is 18.2 Å². The Morgan fingerprint density at radius 3 is 2.58 bits per heavy atom. The molecule has 19 heavy (non-hydrogen) atoms. The fraction of sp³-hybridized carbons (Fsp3) is 0.417. The lowest BCUT2D eigenvalue weighted by atomic mass is 10.3. The van der Waals surface area contributed by atoms with Crippen LogP contribution in [0.1, 0.15) is 13.8 Å². The molecule has 0 amide bonds. The monoisotopic (exact) mass is 300 g/mol. The van der Waals surface area contributed by atoms with Crippen LogP contribution in [0.25, 0.3) is 11.1 Å². The van der Waals surface area contributed by atoms with Gasteiger partial charge < -0.3 is 4.42 Å². The maximum Gasteiger partial charge on any atom is 0.256 e. The van der Waals surface area contributed by atoms with Gasteiger partial charge in [0.15, 0.2) is 5.58 Å². The topological polar surface area (TPSA) is 63.4 Å². The van der Waals surface area contributed by atoms with Gasteiger partial charge in [-0.3, -0.25) is 0 Å². The Labute approximate surface area is 117 Å². The first-order valence-electron chi connectivity index (χ1n) is 5.80. The number of nitrogens with zero attached hydrogens (tertiary/aromatic N) is 2. The molecule has 0 saturated heterocycles. The number of rotatable bonds is 4. The molecule has 0 saturated carbocycles. The summed E-state index contributed by atoms with van der Waals surface area (Å²) >= 11 is 1.51. The van der Waals surface area contributed by atoms with Crippen molar-refractivity contribution < 1.29 is 12.8 Å². The minimum Gasteiger partial charge on any atom is -0.431 e. The van der Waals surface area contributed by atoms with Crippen LogP contribution < -0.4 is 0 Å². The zero-order valence-corrected chi connectivity index (χ0v) is 12.9. The lowest BCUT2D eigenvalue weighted by Crippen LogP contribution is -2.22. The van der Waals surface area contributed by atoms with Crippen molar-refractivity contribution in [3.8, 4) is 0 Å². The lowest BCUT2D eigenvalue weighted by molar-refractivity contribution is 0.488. The van der Waals surface area contributed by atoms with Crippen molar-refractivity contribution in [3.63, 3.8) is 0 Å². The first-order valence-corrected chi connectivity index (χ1v) is 8.12. The Hall–Kier alpha value is -1.05. The normalized spacial score (nSPS) is 12.7. The number of sulfonamides is 1. The van der Waals surface area contributed by atoms with Gasteiger partial charge in [-0.2, -0.15) is 0 Å². The molecule has 0 aliphatic rings. The summed E-state index contributed by atoms with van der Waals surface area (Å²) in [7, 11) is -0.433. The second kappa shape index (κ2) is 5.15. The van der Waals surface area contributed by atoms with Gasteiger partial charge in [0, 0.05) is 19.3 Å². The summed E-state index contributed by atoms with van der Waals surface area (Å²) < 4.78 is 30.8. The molecule has 7 heteroatoms. The van der Waals surface area contributed by atoms with E-state index in [4.69, 9.17) is 4.42 Å². The third-order valence-corrected chi connectivity index (χ3v) is 5.11. The number of benzene rings is 1. The Balaban J connectivity index is 2.47. The summed E-state index contributed by atoms with van der Waals surface area (Å²) in [4.78, 5) is 4.52. The van der Waals surface area contributed by atoms with Gasteiger partial charge in [0.2, 0.25) is 10.0 Å². The minimum absolute atomic E-state index is 0.222. The molecular formula is C12H16N2O3S2. The Morgan fingerprint density at radius 1 is 1.32 bits per heavy atom. The maximum absolute atomic E-state index is 12.0. The fourth-order valence-electron chi connectivity index (χ4n) is 1.51. The summed E-state index contributed by atoms with van der Waals surface area (Å²) in [5.41, 5.74) is 1.16. The smallest absolute Gasteiger partial charge is 0.256 e. The van der Waals surface area contributed by atoms with Crippen LogP contribution >= 0.6 is 11.8 Å². The summed E-state index contributed by atoms with van der Waals surface area (Å²) in [6.07, 6.45) is 0. The Bertz CT molecular complexity index is 690. The summed E-state index contributed by atoms with van der Waals surface area (Å²) in [6, 6.07) is 4.72. The van der Waals surface area contributed by atoms with Crippen LogP contribution in [0.2, 0.25) is 0 Å². The van der Waals surface area contributed by atoms with Gasteiger partial charge >= 0.3 is 0 Å². The third-order valence-electron chi connectivity index (χ3n) is 2.45. The summed E-state index contributed by atoms with van der Waals surface area (Å²) in [5.74, 6) is 0. The second-order valence-corrected chi connectivity index (χ2v) is 8.24. The van der Waals surface area contributed by atoms with Gasteiger partial charge in [-0.1, -0.05) is 25.6 Å². The third kappa shape index (κ3) is 2.93. The van der Waals surface area contributed by atoms with Crippen molar-refractivity contribution in [2.45, 2.75) is 29.2 Å². The lowest BCUT2D eigenvalue weighted by Gasteiger charge is -2.10. The zero-order valence-electron chi connectivity index (χ0n) is 11.2. The number of aromatic nitrogens is 1. The standard InChI is InChI=1S/C12H16N2O3S2/c1-8(2)18-12-13-10-7-9(5-6-11(10)17-12)19(15,16)14(3)4/h5-8H,1-4H3.